The van der Waals surface area contributed by atoms with E-state index in [0.717, 1.165) is 26.4 Å². The van der Waals surface area contributed by atoms with Crippen LogP contribution in [-0.4, -0.2) is 4.98 Å². The second-order valence-electron chi connectivity index (χ2n) is 5.01. The first-order chi connectivity index (χ1) is 12.6. The maximum Gasteiger partial charge on any atom is 0.153 e. The zero-order valence-electron chi connectivity index (χ0n) is 15.3. The van der Waals surface area contributed by atoms with Gasteiger partial charge in [-0.1, -0.05) is 24.2 Å². The smallest absolute Gasteiger partial charge is 0.153 e. The number of pyridine rings is 1. The van der Waals surface area contributed by atoms with Crippen LogP contribution in [0.25, 0.3) is 43.3 Å². The lowest BCUT2D eigenvalue weighted by atomic mass is 10.1. The van der Waals surface area contributed by atoms with Crippen LogP contribution in [0.2, 0.25) is 0 Å². The molecule has 0 radical (unpaired) electrons. The van der Waals surface area contributed by atoms with Crippen LogP contribution in [0.5, 0.6) is 0 Å². The summed E-state index contributed by atoms with van der Waals surface area (Å²) in [5, 5.41) is 5.02. The highest BCUT2D eigenvalue weighted by Crippen LogP contribution is 2.39. The maximum atomic E-state index is 8.19. The molecule has 0 bridgehead atoms. The normalized spacial score (nSPS) is 14.2. The molecular formula is C19H11NOS. The molecule has 5 aromatic rings. The van der Waals surface area contributed by atoms with Crippen molar-refractivity contribution in [3.8, 4) is 11.3 Å². The van der Waals surface area contributed by atoms with Gasteiger partial charge in [0.2, 0.25) is 0 Å². The molecule has 0 amide bonds. The Bertz CT molecular complexity index is 1340. The van der Waals surface area contributed by atoms with E-state index in [1.54, 1.807) is 17.4 Å². The van der Waals surface area contributed by atoms with E-state index in [2.05, 4.69) is 11.1 Å². The number of rotatable bonds is 1. The van der Waals surface area contributed by atoms with Crippen molar-refractivity contribution in [1.82, 2.24) is 4.98 Å². The Morgan fingerprint density at radius 2 is 1.95 bits per heavy atom. The van der Waals surface area contributed by atoms with Crippen molar-refractivity contribution >= 4 is 43.4 Å². The summed E-state index contributed by atoms with van der Waals surface area (Å²) in [6.07, 6.45) is -0.310. The van der Waals surface area contributed by atoms with E-state index in [1.807, 2.05) is 29.6 Å². The average Bonchev–Trinajstić information content (AvgIpc) is 3.26. The van der Waals surface area contributed by atoms with E-state index in [9.17, 15) is 0 Å². The number of fused-ring (bicyclic) bond motifs is 5. The highest BCUT2D eigenvalue weighted by molar-refractivity contribution is 7.18. The second kappa shape index (κ2) is 4.42. The Kier molecular flexibility index (Phi) is 1.75. The summed E-state index contributed by atoms with van der Waals surface area (Å²) >= 11 is 1.61. The van der Waals surface area contributed by atoms with Crippen LogP contribution in [0.3, 0.4) is 0 Å². The number of nitrogens with zero attached hydrogens (tertiary/aromatic N) is 1. The van der Waals surface area contributed by atoms with Crippen LogP contribution in [-0.2, 0) is 0 Å². The van der Waals surface area contributed by atoms with E-state index < -0.39 is 0 Å². The molecule has 22 heavy (non-hydrogen) atoms. The van der Waals surface area contributed by atoms with Crippen LogP contribution >= 0.6 is 11.3 Å². The Morgan fingerprint density at radius 1 is 1.00 bits per heavy atom. The quantitative estimate of drug-likeness (QED) is 0.387. The van der Waals surface area contributed by atoms with Crippen molar-refractivity contribution in [2.75, 3.05) is 0 Å². The largest absolute Gasteiger partial charge is 0.454 e. The number of benzene rings is 2. The summed E-state index contributed by atoms with van der Waals surface area (Å²) in [6.45, 7) is 0. The van der Waals surface area contributed by atoms with E-state index in [1.165, 1.54) is 0 Å². The number of furan rings is 1. The molecule has 0 saturated carbocycles. The molecule has 3 heteroatoms. The van der Waals surface area contributed by atoms with Gasteiger partial charge in [-0.15, -0.1) is 11.3 Å². The Morgan fingerprint density at radius 3 is 2.95 bits per heavy atom. The third-order valence-electron chi connectivity index (χ3n) is 3.81. The SMILES string of the molecule is [2H]c1nc(-c2cccc3c2oc2c3ccc3ccsc32)c([2H])c([2H])c1[2H]. The van der Waals surface area contributed by atoms with Crippen molar-refractivity contribution in [1.29, 1.82) is 0 Å². The minimum Gasteiger partial charge on any atom is -0.454 e. The highest BCUT2D eigenvalue weighted by atomic mass is 32.1. The van der Waals surface area contributed by atoms with E-state index in [4.69, 9.17) is 9.90 Å². The molecule has 2 aromatic carbocycles. The number of para-hydroxylation sites is 1. The molecule has 104 valence electrons. The molecule has 0 fully saturated rings. The number of hydrogen-bond acceptors (Lipinski definition) is 3. The summed E-state index contributed by atoms with van der Waals surface area (Å²) in [6, 6.07) is 10.9. The third-order valence-corrected chi connectivity index (χ3v) is 4.74. The molecule has 5 rings (SSSR count). The minimum absolute atomic E-state index is 0.166. The van der Waals surface area contributed by atoms with Crippen LogP contribution in [0.15, 0.2) is 70.5 Å². The number of thiophene rings is 1. The first-order valence-electron chi connectivity index (χ1n) is 8.82. The highest BCUT2D eigenvalue weighted by Gasteiger charge is 2.14. The van der Waals surface area contributed by atoms with Gasteiger partial charge in [0.25, 0.3) is 0 Å². The molecule has 0 saturated heterocycles. The zero-order chi connectivity index (χ0) is 18.0. The first kappa shape index (κ1) is 8.71. The van der Waals surface area contributed by atoms with Crippen molar-refractivity contribution in [2.24, 2.45) is 0 Å². The van der Waals surface area contributed by atoms with Gasteiger partial charge in [-0.2, -0.15) is 0 Å². The number of aromatic nitrogens is 1. The molecule has 0 aliphatic rings. The topological polar surface area (TPSA) is 26.0 Å². The van der Waals surface area contributed by atoms with Crippen LogP contribution in [0.4, 0.5) is 0 Å². The van der Waals surface area contributed by atoms with Crippen LogP contribution in [0, 0.1) is 0 Å². The average molecular weight is 305 g/mol. The summed E-state index contributed by atoms with van der Waals surface area (Å²) < 4.78 is 38.9. The predicted molar refractivity (Wildman–Crippen MR) is 92.3 cm³/mol. The molecular weight excluding hydrogens is 290 g/mol. The van der Waals surface area contributed by atoms with Gasteiger partial charge >= 0.3 is 0 Å². The fraction of sp³-hybridized carbons (Fsp3) is 0. The molecule has 0 aliphatic carbocycles. The fourth-order valence-electron chi connectivity index (χ4n) is 2.82. The predicted octanol–water partition coefficient (Wildman–Crippen LogP) is 5.86. The van der Waals surface area contributed by atoms with Gasteiger partial charge < -0.3 is 4.42 Å². The van der Waals surface area contributed by atoms with Crippen LogP contribution in [0.1, 0.15) is 5.48 Å². The van der Waals surface area contributed by atoms with Crippen molar-refractivity contribution < 1.29 is 9.90 Å². The second-order valence-corrected chi connectivity index (χ2v) is 5.93. The summed E-state index contributed by atoms with van der Waals surface area (Å²) in [4.78, 5) is 4.09. The summed E-state index contributed by atoms with van der Waals surface area (Å²) in [5.74, 6) is 0. The standard InChI is InChI=1S/C19H11NOS/c1-2-10-20-16(6-1)15-5-3-4-13-14-8-7-12-9-11-22-19(12)18(14)21-17(13)15/h1-11H/i1D,2D,6D,10D. The van der Waals surface area contributed by atoms with Gasteiger partial charge in [0.1, 0.15) is 5.58 Å². The third kappa shape index (κ3) is 1.57. The molecule has 3 heterocycles. The monoisotopic (exact) mass is 305 g/mol. The fourth-order valence-corrected chi connectivity index (χ4v) is 3.71. The lowest BCUT2D eigenvalue weighted by Crippen LogP contribution is -1.81. The molecule has 0 aliphatic heterocycles. The Labute approximate surface area is 136 Å². The van der Waals surface area contributed by atoms with Crippen molar-refractivity contribution in [3.63, 3.8) is 0 Å². The molecule has 0 unspecified atom stereocenters. The lowest BCUT2D eigenvalue weighted by molar-refractivity contribution is 0.674. The van der Waals surface area contributed by atoms with E-state index >= 15 is 0 Å². The van der Waals surface area contributed by atoms with Crippen molar-refractivity contribution in [2.45, 2.75) is 0 Å². The van der Waals surface area contributed by atoms with Gasteiger partial charge in [-0.05, 0) is 41.1 Å². The zero-order valence-corrected chi connectivity index (χ0v) is 12.1. The van der Waals surface area contributed by atoms with Gasteiger partial charge in [-0.25, -0.2) is 0 Å². The molecule has 0 N–H and O–H groups in total. The molecule has 0 atom stereocenters. The lowest BCUT2D eigenvalue weighted by Gasteiger charge is -2.00. The summed E-state index contributed by atoms with van der Waals surface area (Å²) in [5.41, 5.74) is 2.14. The Hall–Kier alpha value is -2.65. The van der Waals surface area contributed by atoms with Gasteiger partial charge in [0.05, 0.1) is 15.9 Å². The van der Waals surface area contributed by atoms with Gasteiger partial charge in [0, 0.05) is 22.5 Å². The van der Waals surface area contributed by atoms with Gasteiger partial charge in [0.15, 0.2) is 5.58 Å². The Balaban J connectivity index is 1.92. The molecule has 0 spiro atoms. The molecule has 2 nitrogen and oxygen atoms in total. The van der Waals surface area contributed by atoms with E-state index in [-0.39, 0.29) is 30.0 Å². The first-order valence-corrected chi connectivity index (χ1v) is 7.70. The molecule has 3 aromatic heterocycles. The van der Waals surface area contributed by atoms with E-state index in [0.29, 0.717) is 11.1 Å². The summed E-state index contributed by atoms with van der Waals surface area (Å²) in [7, 11) is 0. The maximum absolute atomic E-state index is 8.19. The number of hydrogen-bond donors (Lipinski definition) is 0. The van der Waals surface area contributed by atoms with Crippen molar-refractivity contribution in [3.05, 3.63) is 66.1 Å². The minimum atomic E-state index is -0.337. The van der Waals surface area contributed by atoms with Gasteiger partial charge in [-0.3, -0.25) is 4.98 Å². The van der Waals surface area contributed by atoms with Crippen LogP contribution < -0.4 is 0 Å².